The van der Waals surface area contributed by atoms with Crippen LogP contribution in [0.4, 0.5) is 0 Å². The highest BCUT2D eigenvalue weighted by Crippen LogP contribution is 2.27. The Bertz CT molecular complexity index is 1000. The van der Waals surface area contributed by atoms with Gasteiger partial charge in [0.25, 0.3) is 0 Å². The lowest BCUT2D eigenvalue weighted by Gasteiger charge is -2.16. The predicted octanol–water partition coefficient (Wildman–Crippen LogP) is 4.75. The zero-order valence-corrected chi connectivity index (χ0v) is 18.9. The summed E-state index contributed by atoms with van der Waals surface area (Å²) >= 11 is 7.43. The van der Waals surface area contributed by atoms with Crippen LogP contribution in [0.15, 0.2) is 59.8 Å². The second-order valence-corrected chi connectivity index (χ2v) is 8.93. The largest absolute Gasteiger partial charge is 0.376 e. The molecule has 1 saturated heterocycles. The molecule has 1 aromatic heterocycles. The van der Waals surface area contributed by atoms with Crippen molar-refractivity contribution < 1.29 is 9.53 Å². The third-order valence-corrected chi connectivity index (χ3v) is 6.46. The van der Waals surface area contributed by atoms with Crippen molar-refractivity contribution >= 4 is 29.3 Å². The zero-order valence-electron chi connectivity index (χ0n) is 17.3. The van der Waals surface area contributed by atoms with E-state index in [-0.39, 0.29) is 23.8 Å². The number of aromatic nitrogens is 3. The number of benzene rings is 2. The molecule has 0 unspecified atom stereocenters. The van der Waals surface area contributed by atoms with Crippen LogP contribution in [0.1, 0.15) is 31.4 Å². The molecule has 1 fully saturated rings. The van der Waals surface area contributed by atoms with Crippen LogP contribution in [0.2, 0.25) is 5.02 Å². The molecule has 31 heavy (non-hydrogen) atoms. The van der Waals surface area contributed by atoms with E-state index in [2.05, 4.69) is 20.1 Å². The number of thioether (sulfide) groups is 1. The Labute approximate surface area is 191 Å². The molecular weight excluding hydrogens is 432 g/mol. The number of carbonyl (C=O) groups is 1. The molecule has 2 heterocycles. The van der Waals surface area contributed by atoms with Crippen LogP contribution in [0.5, 0.6) is 0 Å². The SMILES string of the molecule is C[C@H](NC(=O)CSc1nnc(-c2ccc(Cl)cc2)n1C[C@H]1CCCO1)c1ccccc1. The lowest BCUT2D eigenvalue weighted by Crippen LogP contribution is -2.28. The van der Waals surface area contributed by atoms with Gasteiger partial charge in [0.2, 0.25) is 5.91 Å². The van der Waals surface area contributed by atoms with Crippen molar-refractivity contribution in [3.05, 3.63) is 65.2 Å². The van der Waals surface area contributed by atoms with Crippen LogP contribution < -0.4 is 5.32 Å². The van der Waals surface area contributed by atoms with Gasteiger partial charge < -0.3 is 10.1 Å². The first-order valence-corrected chi connectivity index (χ1v) is 11.7. The molecule has 1 aliphatic rings. The molecule has 0 radical (unpaired) electrons. The van der Waals surface area contributed by atoms with Gasteiger partial charge in [-0.2, -0.15) is 0 Å². The topological polar surface area (TPSA) is 69.0 Å². The van der Waals surface area contributed by atoms with E-state index in [1.165, 1.54) is 11.8 Å². The Morgan fingerprint density at radius 3 is 2.71 bits per heavy atom. The summed E-state index contributed by atoms with van der Waals surface area (Å²) in [6, 6.07) is 17.4. The van der Waals surface area contributed by atoms with Crippen molar-refractivity contribution in [2.24, 2.45) is 0 Å². The first-order chi connectivity index (χ1) is 15.1. The number of rotatable bonds is 8. The van der Waals surface area contributed by atoms with Gasteiger partial charge in [-0.05, 0) is 49.6 Å². The minimum absolute atomic E-state index is 0.0407. The van der Waals surface area contributed by atoms with Crippen LogP contribution in [0.3, 0.4) is 0 Å². The molecule has 1 N–H and O–H groups in total. The summed E-state index contributed by atoms with van der Waals surface area (Å²) < 4.78 is 7.89. The first kappa shape index (κ1) is 21.9. The molecule has 3 aromatic rings. The molecule has 1 aliphatic heterocycles. The van der Waals surface area contributed by atoms with E-state index in [1.807, 2.05) is 61.5 Å². The van der Waals surface area contributed by atoms with E-state index >= 15 is 0 Å². The summed E-state index contributed by atoms with van der Waals surface area (Å²) in [5.74, 6) is 0.982. The minimum Gasteiger partial charge on any atom is -0.376 e. The first-order valence-electron chi connectivity index (χ1n) is 10.4. The van der Waals surface area contributed by atoms with Gasteiger partial charge in [-0.15, -0.1) is 10.2 Å². The normalized spacial score (nSPS) is 16.9. The number of carbonyl (C=O) groups excluding carboxylic acids is 1. The lowest BCUT2D eigenvalue weighted by molar-refractivity contribution is -0.119. The van der Waals surface area contributed by atoms with Gasteiger partial charge in [0.05, 0.1) is 24.4 Å². The molecule has 1 amide bonds. The average Bonchev–Trinajstić information content (AvgIpc) is 3.44. The molecule has 2 atom stereocenters. The van der Waals surface area contributed by atoms with E-state index in [4.69, 9.17) is 16.3 Å². The zero-order chi connectivity index (χ0) is 21.6. The predicted molar refractivity (Wildman–Crippen MR) is 123 cm³/mol. The van der Waals surface area contributed by atoms with E-state index in [9.17, 15) is 4.79 Å². The van der Waals surface area contributed by atoms with E-state index < -0.39 is 0 Å². The standard InChI is InChI=1S/C23H25ClN4O2S/c1-16(17-6-3-2-4-7-17)25-21(29)15-31-23-27-26-22(18-9-11-19(24)12-10-18)28(23)14-20-8-5-13-30-20/h2-4,6-7,9-12,16,20H,5,8,13-15H2,1H3,(H,25,29)/t16-,20+/m0/s1. The lowest BCUT2D eigenvalue weighted by atomic mass is 10.1. The third-order valence-electron chi connectivity index (χ3n) is 5.24. The van der Waals surface area contributed by atoms with Crippen molar-refractivity contribution in [1.82, 2.24) is 20.1 Å². The van der Waals surface area contributed by atoms with E-state index in [0.29, 0.717) is 16.7 Å². The summed E-state index contributed by atoms with van der Waals surface area (Å²) in [6.45, 7) is 3.43. The van der Waals surface area contributed by atoms with Gasteiger partial charge in [-0.1, -0.05) is 53.7 Å². The van der Waals surface area contributed by atoms with E-state index in [0.717, 1.165) is 36.4 Å². The molecule has 162 valence electrons. The molecule has 0 spiro atoms. The Morgan fingerprint density at radius 2 is 2.00 bits per heavy atom. The summed E-state index contributed by atoms with van der Waals surface area (Å²) in [4.78, 5) is 12.5. The summed E-state index contributed by atoms with van der Waals surface area (Å²) in [5, 5.41) is 13.2. The molecule has 2 aromatic carbocycles. The van der Waals surface area contributed by atoms with Crippen molar-refractivity contribution in [3.8, 4) is 11.4 Å². The van der Waals surface area contributed by atoms with Crippen molar-refractivity contribution in [1.29, 1.82) is 0 Å². The van der Waals surface area contributed by atoms with Crippen molar-refractivity contribution in [2.45, 2.75) is 43.6 Å². The minimum atomic E-state index is -0.0521. The van der Waals surface area contributed by atoms with Crippen LogP contribution in [-0.2, 0) is 16.1 Å². The number of hydrogen-bond acceptors (Lipinski definition) is 5. The monoisotopic (exact) mass is 456 g/mol. The summed E-state index contributed by atoms with van der Waals surface area (Å²) in [5.41, 5.74) is 2.01. The van der Waals surface area contributed by atoms with Crippen LogP contribution in [0, 0.1) is 0 Å². The van der Waals surface area contributed by atoms with Gasteiger partial charge in [-0.3, -0.25) is 9.36 Å². The number of nitrogens with zero attached hydrogens (tertiary/aromatic N) is 3. The van der Waals surface area contributed by atoms with Gasteiger partial charge in [0.1, 0.15) is 0 Å². The fraction of sp³-hybridized carbons (Fsp3) is 0.348. The summed E-state index contributed by atoms with van der Waals surface area (Å²) in [7, 11) is 0. The molecule has 0 aliphatic carbocycles. The smallest absolute Gasteiger partial charge is 0.230 e. The van der Waals surface area contributed by atoms with Gasteiger partial charge in [0.15, 0.2) is 11.0 Å². The quantitative estimate of drug-likeness (QED) is 0.495. The maximum atomic E-state index is 12.5. The molecule has 0 bridgehead atoms. The maximum absolute atomic E-state index is 12.5. The highest BCUT2D eigenvalue weighted by atomic mass is 35.5. The van der Waals surface area contributed by atoms with Crippen LogP contribution in [-0.4, -0.2) is 39.1 Å². The Kier molecular flexibility index (Phi) is 7.27. The fourth-order valence-corrected chi connectivity index (χ4v) is 4.49. The van der Waals surface area contributed by atoms with Crippen LogP contribution in [0.25, 0.3) is 11.4 Å². The fourth-order valence-electron chi connectivity index (χ4n) is 3.60. The van der Waals surface area contributed by atoms with Crippen molar-refractivity contribution in [3.63, 3.8) is 0 Å². The van der Waals surface area contributed by atoms with E-state index in [1.54, 1.807) is 0 Å². The molecule has 0 saturated carbocycles. The number of hydrogen-bond donors (Lipinski definition) is 1. The molecule has 8 heteroatoms. The second-order valence-electron chi connectivity index (χ2n) is 7.55. The van der Waals surface area contributed by atoms with Crippen molar-refractivity contribution in [2.75, 3.05) is 12.4 Å². The molecule has 6 nitrogen and oxygen atoms in total. The highest BCUT2D eigenvalue weighted by molar-refractivity contribution is 7.99. The van der Waals surface area contributed by atoms with Gasteiger partial charge in [0, 0.05) is 17.2 Å². The number of halogens is 1. The third kappa shape index (κ3) is 5.67. The summed E-state index contributed by atoms with van der Waals surface area (Å²) in [6.07, 6.45) is 2.20. The van der Waals surface area contributed by atoms with Gasteiger partial charge in [-0.25, -0.2) is 0 Å². The highest BCUT2D eigenvalue weighted by Gasteiger charge is 2.22. The Balaban J connectivity index is 1.46. The Morgan fingerprint density at radius 1 is 1.23 bits per heavy atom. The number of ether oxygens (including phenoxy) is 1. The average molecular weight is 457 g/mol. The maximum Gasteiger partial charge on any atom is 0.230 e. The molecule has 4 rings (SSSR count). The van der Waals surface area contributed by atoms with Gasteiger partial charge >= 0.3 is 0 Å². The van der Waals surface area contributed by atoms with Crippen LogP contribution >= 0.6 is 23.4 Å². The second kappa shape index (κ2) is 10.3. The Hall–Kier alpha value is -2.35. The number of amides is 1. The molecular formula is C23H25ClN4O2S. The number of nitrogens with one attached hydrogen (secondary N) is 1.